The van der Waals surface area contributed by atoms with Gasteiger partial charge in [0.1, 0.15) is 0 Å². The van der Waals surface area contributed by atoms with Gasteiger partial charge in [-0.25, -0.2) is 8.78 Å². The monoisotopic (exact) mass is 285 g/mol. The van der Waals surface area contributed by atoms with E-state index >= 15 is 0 Å². The fraction of sp³-hybridized carbons (Fsp3) is 0.571. The Morgan fingerprint density at radius 3 is 2.84 bits per heavy atom. The van der Waals surface area contributed by atoms with E-state index in [1.807, 2.05) is 11.8 Å². The van der Waals surface area contributed by atoms with Gasteiger partial charge in [-0.1, -0.05) is 6.07 Å². The predicted octanol–water partition coefficient (Wildman–Crippen LogP) is 2.89. The fourth-order valence-electron chi connectivity index (χ4n) is 2.75. The molecule has 0 saturated carbocycles. The number of halogens is 2. The largest absolute Gasteiger partial charge is 0.372 e. The van der Waals surface area contributed by atoms with Crippen molar-refractivity contribution < 1.29 is 13.5 Å². The van der Waals surface area contributed by atoms with Crippen molar-refractivity contribution in [1.82, 2.24) is 5.32 Å². The maximum atomic E-state index is 13.3. The van der Waals surface area contributed by atoms with Crippen molar-refractivity contribution in [3.05, 3.63) is 35.4 Å². The van der Waals surface area contributed by atoms with E-state index in [0.717, 1.165) is 17.7 Å². The molecule has 0 unspecified atom stereocenters. The van der Waals surface area contributed by atoms with E-state index in [1.54, 1.807) is 6.07 Å². The minimum atomic E-state index is -0.807. The van der Waals surface area contributed by atoms with Crippen LogP contribution in [0.1, 0.15) is 24.5 Å². The normalized spacial score (nSPS) is 30.9. The zero-order chi connectivity index (χ0) is 13.2. The molecule has 1 N–H and O–H groups in total. The summed E-state index contributed by atoms with van der Waals surface area (Å²) < 4.78 is 32.0. The molecule has 0 bridgehead atoms. The molecule has 2 nitrogen and oxygen atoms in total. The number of ether oxygens (including phenoxy) is 1. The summed E-state index contributed by atoms with van der Waals surface area (Å²) in [6, 6.07) is 4.77. The van der Waals surface area contributed by atoms with Crippen molar-refractivity contribution in [1.29, 1.82) is 0 Å². The molecule has 3 rings (SSSR count). The van der Waals surface area contributed by atoms with E-state index < -0.39 is 11.6 Å². The number of nitrogens with one attached hydrogen (secondary N) is 1. The number of rotatable bonds is 3. The summed E-state index contributed by atoms with van der Waals surface area (Å²) in [4.78, 5) is 0. The van der Waals surface area contributed by atoms with Crippen LogP contribution in [0.4, 0.5) is 8.78 Å². The van der Waals surface area contributed by atoms with Crippen molar-refractivity contribution in [3.63, 3.8) is 0 Å². The summed E-state index contributed by atoms with van der Waals surface area (Å²) in [7, 11) is 0. The van der Waals surface area contributed by atoms with Crippen LogP contribution < -0.4 is 5.32 Å². The molecule has 2 aliphatic heterocycles. The van der Waals surface area contributed by atoms with E-state index in [4.69, 9.17) is 4.74 Å². The predicted molar refractivity (Wildman–Crippen MR) is 72.3 cm³/mol. The molecule has 2 saturated heterocycles. The van der Waals surface area contributed by atoms with E-state index in [2.05, 4.69) is 5.32 Å². The van der Waals surface area contributed by atoms with Gasteiger partial charge in [0.2, 0.25) is 0 Å². The van der Waals surface area contributed by atoms with Gasteiger partial charge in [0.25, 0.3) is 0 Å². The van der Waals surface area contributed by atoms with E-state index in [1.165, 1.54) is 24.3 Å². The van der Waals surface area contributed by atoms with Crippen LogP contribution in [0.2, 0.25) is 0 Å². The molecule has 2 aliphatic rings. The molecule has 0 radical (unpaired) electrons. The molecule has 0 spiro atoms. The molecular formula is C14H17F2NOS. The molecule has 3 atom stereocenters. The number of thioether (sulfide) groups is 1. The Hall–Kier alpha value is -0.650. The van der Waals surface area contributed by atoms with Crippen LogP contribution >= 0.6 is 11.8 Å². The molecule has 19 heavy (non-hydrogen) atoms. The molecule has 2 fully saturated rings. The quantitative estimate of drug-likeness (QED) is 0.922. The first-order valence-corrected chi connectivity index (χ1v) is 7.80. The highest BCUT2D eigenvalue weighted by Gasteiger charge is 2.32. The third kappa shape index (κ3) is 2.93. The SMILES string of the molecule is Fc1ccc([C@@H]2OCC[C@H]2N[C@@H]2CCSC2)cc1F. The van der Waals surface area contributed by atoms with Crippen molar-refractivity contribution in [3.8, 4) is 0 Å². The highest BCUT2D eigenvalue weighted by atomic mass is 32.2. The second-order valence-electron chi connectivity index (χ2n) is 5.09. The molecular weight excluding hydrogens is 268 g/mol. The lowest BCUT2D eigenvalue weighted by Crippen LogP contribution is -2.40. The maximum absolute atomic E-state index is 13.3. The van der Waals surface area contributed by atoms with Crippen molar-refractivity contribution in [2.75, 3.05) is 18.1 Å². The van der Waals surface area contributed by atoms with Gasteiger partial charge in [0.15, 0.2) is 11.6 Å². The highest BCUT2D eigenvalue weighted by Crippen LogP contribution is 2.31. The lowest BCUT2D eigenvalue weighted by Gasteiger charge is -2.23. The van der Waals surface area contributed by atoms with Crippen molar-refractivity contribution in [2.24, 2.45) is 0 Å². The first kappa shape index (κ1) is 13.3. The first-order chi connectivity index (χ1) is 9.24. The number of hydrogen-bond acceptors (Lipinski definition) is 3. The zero-order valence-electron chi connectivity index (χ0n) is 10.6. The van der Waals surface area contributed by atoms with Crippen LogP contribution in [0.15, 0.2) is 18.2 Å². The van der Waals surface area contributed by atoms with E-state index in [0.29, 0.717) is 12.6 Å². The molecule has 1 aromatic rings. The summed E-state index contributed by atoms with van der Waals surface area (Å²) >= 11 is 1.95. The molecule has 1 aromatic carbocycles. The minimum Gasteiger partial charge on any atom is -0.372 e. The van der Waals surface area contributed by atoms with Gasteiger partial charge in [-0.15, -0.1) is 0 Å². The number of benzene rings is 1. The second kappa shape index (κ2) is 5.77. The lowest BCUT2D eigenvalue weighted by molar-refractivity contribution is 0.0966. The van der Waals surface area contributed by atoms with Crippen LogP contribution in [0.3, 0.4) is 0 Å². The van der Waals surface area contributed by atoms with Crippen LogP contribution in [-0.4, -0.2) is 30.2 Å². The van der Waals surface area contributed by atoms with E-state index in [9.17, 15) is 8.78 Å². The summed E-state index contributed by atoms with van der Waals surface area (Å²) in [5, 5.41) is 3.60. The Kier molecular flexibility index (Phi) is 4.05. The Balaban J connectivity index is 1.72. The average molecular weight is 285 g/mol. The standard InChI is InChI=1S/C14H17F2NOS/c15-11-2-1-9(7-12(11)16)14-13(3-5-18-14)17-10-4-6-19-8-10/h1-2,7,10,13-14,17H,3-6,8H2/t10-,13-,14+/m1/s1. The molecule has 0 aromatic heterocycles. The summed E-state index contributed by atoms with van der Waals surface area (Å²) in [6.45, 7) is 0.668. The van der Waals surface area contributed by atoms with Crippen LogP contribution in [0, 0.1) is 11.6 Å². The maximum Gasteiger partial charge on any atom is 0.159 e. The highest BCUT2D eigenvalue weighted by molar-refractivity contribution is 7.99. The second-order valence-corrected chi connectivity index (χ2v) is 6.24. The van der Waals surface area contributed by atoms with Gasteiger partial charge in [-0.05, 0) is 36.3 Å². The molecule has 0 aliphatic carbocycles. The molecule has 2 heterocycles. The van der Waals surface area contributed by atoms with Crippen LogP contribution in [-0.2, 0) is 4.74 Å². The molecule has 5 heteroatoms. The van der Waals surface area contributed by atoms with Gasteiger partial charge in [-0.2, -0.15) is 11.8 Å². The topological polar surface area (TPSA) is 21.3 Å². The van der Waals surface area contributed by atoms with E-state index in [-0.39, 0.29) is 12.1 Å². The fourth-order valence-corrected chi connectivity index (χ4v) is 3.91. The summed E-state index contributed by atoms with van der Waals surface area (Å²) in [5.41, 5.74) is 0.722. The average Bonchev–Trinajstić information content (AvgIpc) is 3.05. The van der Waals surface area contributed by atoms with Crippen LogP contribution in [0.5, 0.6) is 0 Å². The van der Waals surface area contributed by atoms with Crippen molar-refractivity contribution in [2.45, 2.75) is 31.0 Å². The Bertz CT molecular complexity index is 451. The third-order valence-electron chi connectivity index (χ3n) is 3.74. The lowest BCUT2D eigenvalue weighted by atomic mass is 10.0. The summed E-state index contributed by atoms with van der Waals surface area (Å²) in [6.07, 6.45) is 1.93. The Morgan fingerprint density at radius 2 is 2.11 bits per heavy atom. The van der Waals surface area contributed by atoms with Gasteiger partial charge >= 0.3 is 0 Å². The van der Waals surface area contributed by atoms with Gasteiger partial charge < -0.3 is 10.1 Å². The smallest absolute Gasteiger partial charge is 0.159 e. The zero-order valence-corrected chi connectivity index (χ0v) is 11.4. The van der Waals surface area contributed by atoms with Gasteiger partial charge in [0, 0.05) is 24.4 Å². The van der Waals surface area contributed by atoms with Crippen LogP contribution in [0.25, 0.3) is 0 Å². The molecule has 0 amide bonds. The first-order valence-electron chi connectivity index (χ1n) is 6.64. The summed E-state index contributed by atoms with van der Waals surface area (Å²) in [5.74, 6) is 0.712. The third-order valence-corrected chi connectivity index (χ3v) is 4.91. The Morgan fingerprint density at radius 1 is 1.21 bits per heavy atom. The van der Waals surface area contributed by atoms with Gasteiger partial charge in [-0.3, -0.25) is 0 Å². The molecule has 104 valence electrons. The Labute approximate surface area is 115 Å². The van der Waals surface area contributed by atoms with Gasteiger partial charge in [0.05, 0.1) is 6.10 Å². The number of hydrogen-bond donors (Lipinski definition) is 1. The minimum absolute atomic E-state index is 0.166. The van der Waals surface area contributed by atoms with Crippen molar-refractivity contribution >= 4 is 11.8 Å².